The summed E-state index contributed by atoms with van der Waals surface area (Å²) in [7, 11) is -3.69. The first-order chi connectivity index (χ1) is 14.7. The molecular weight excluding hydrogens is 414 g/mol. The van der Waals surface area contributed by atoms with Gasteiger partial charge in [0.25, 0.3) is 0 Å². The third kappa shape index (κ3) is 4.30. The SMILES string of the molecule is Cc1ccc(S(=O)(=O)N[C@H]2CC[C@H](O)CC2)cc1-c1cnc2c(N)nc(C(C)C)cn12. The van der Waals surface area contributed by atoms with Crippen LogP contribution in [0, 0.1) is 6.92 Å². The second-order valence-corrected chi connectivity index (χ2v) is 10.4. The Morgan fingerprint density at radius 1 is 1.23 bits per heavy atom. The van der Waals surface area contributed by atoms with Crippen LogP contribution in [0.3, 0.4) is 0 Å². The van der Waals surface area contributed by atoms with Gasteiger partial charge in [0.05, 0.1) is 28.6 Å². The number of aliphatic hydroxyl groups excluding tert-OH is 1. The fourth-order valence-corrected chi connectivity index (χ4v) is 5.36. The Balaban J connectivity index is 1.73. The molecule has 4 N–H and O–H groups in total. The van der Waals surface area contributed by atoms with Gasteiger partial charge in [-0.3, -0.25) is 4.40 Å². The lowest BCUT2D eigenvalue weighted by molar-refractivity contribution is 0.120. The lowest BCUT2D eigenvalue weighted by Gasteiger charge is -2.26. The Labute approximate surface area is 182 Å². The van der Waals surface area contributed by atoms with Crippen LogP contribution in [0.1, 0.15) is 56.7 Å². The lowest BCUT2D eigenvalue weighted by Crippen LogP contribution is -2.38. The maximum Gasteiger partial charge on any atom is 0.240 e. The summed E-state index contributed by atoms with van der Waals surface area (Å²) in [6.07, 6.45) is 5.77. The summed E-state index contributed by atoms with van der Waals surface area (Å²) < 4.78 is 30.8. The average Bonchev–Trinajstić information content (AvgIpc) is 3.14. The van der Waals surface area contributed by atoms with Crippen molar-refractivity contribution >= 4 is 21.5 Å². The van der Waals surface area contributed by atoms with Crippen molar-refractivity contribution in [1.82, 2.24) is 19.1 Å². The standard InChI is InChI=1S/C22H29N5O3S/c1-13(2)19-12-27-20(11-24-22(27)21(23)25-19)18-10-17(9-4-14(18)3)31(29,30)26-15-5-7-16(28)8-6-15/h4,9-13,15-16,26,28H,5-8H2,1-3H3,(H2,23,25)/t15-,16-. The van der Waals surface area contributed by atoms with Crippen LogP contribution in [0.15, 0.2) is 35.5 Å². The highest BCUT2D eigenvalue weighted by molar-refractivity contribution is 7.89. The highest BCUT2D eigenvalue weighted by Crippen LogP contribution is 2.30. The molecule has 9 heteroatoms. The molecule has 3 aromatic rings. The molecule has 1 aliphatic carbocycles. The van der Waals surface area contributed by atoms with Crippen LogP contribution in [0.2, 0.25) is 0 Å². The molecule has 166 valence electrons. The van der Waals surface area contributed by atoms with Crippen LogP contribution < -0.4 is 10.5 Å². The summed E-state index contributed by atoms with van der Waals surface area (Å²) in [4.78, 5) is 9.05. The Hall–Kier alpha value is -2.49. The van der Waals surface area contributed by atoms with Crippen molar-refractivity contribution in [3.63, 3.8) is 0 Å². The number of sulfonamides is 1. The van der Waals surface area contributed by atoms with Gasteiger partial charge in [0.1, 0.15) is 0 Å². The lowest BCUT2D eigenvalue weighted by atomic mass is 9.94. The number of aromatic nitrogens is 3. The zero-order valence-corrected chi connectivity index (χ0v) is 18.9. The van der Waals surface area contributed by atoms with Crippen LogP contribution in [-0.4, -0.2) is 40.0 Å². The first-order valence-electron chi connectivity index (χ1n) is 10.6. The molecule has 1 aliphatic rings. The molecule has 2 heterocycles. The predicted octanol–water partition coefficient (Wildman–Crippen LogP) is 2.99. The maximum atomic E-state index is 13.1. The minimum absolute atomic E-state index is 0.159. The Morgan fingerprint density at radius 3 is 2.61 bits per heavy atom. The number of hydrogen-bond acceptors (Lipinski definition) is 6. The minimum Gasteiger partial charge on any atom is -0.393 e. The van der Waals surface area contributed by atoms with E-state index in [-0.39, 0.29) is 23.0 Å². The van der Waals surface area contributed by atoms with Crippen molar-refractivity contribution in [2.24, 2.45) is 0 Å². The summed E-state index contributed by atoms with van der Waals surface area (Å²) in [5.74, 6) is 0.535. The summed E-state index contributed by atoms with van der Waals surface area (Å²) in [5, 5.41) is 9.68. The molecule has 0 saturated heterocycles. The molecule has 4 rings (SSSR count). The number of aryl methyl sites for hydroxylation is 1. The Kier molecular flexibility index (Phi) is 5.76. The topological polar surface area (TPSA) is 123 Å². The van der Waals surface area contributed by atoms with E-state index >= 15 is 0 Å². The van der Waals surface area contributed by atoms with E-state index < -0.39 is 10.0 Å². The molecule has 0 unspecified atom stereocenters. The predicted molar refractivity (Wildman–Crippen MR) is 120 cm³/mol. The molecule has 1 saturated carbocycles. The summed E-state index contributed by atoms with van der Waals surface area (Å²) >= 11 is 0. The fraction of sp³-hybridized carbons (Fsp3) is 0.455. The second-order valence-electron chi connectivity index (χ2n) is 8.65. The van der Waals surface area contributed by atoms with Crippen LogP contribution in [0.25, 0.3) is 16.9 Å². The van der Waals surface area contributed by atoms with Crippen molar-refractivity contribution in [2.75, 3.05) is 5.73 Å². The highest BCUT2D eigenvalue weighted by atomic mass is 32.2. The van der Waals surface area contributed by atoms with Crippen molar-refractivity contribution in [3.05, 3.63) is 41.9 Å². The number of rotatable bonds is 5. The third-order valence-corrected chi connectivity index (χ3v) is 7.46. The van der Waals surface area contributed by atoms with E-state index in [0.29, 0.717) is 37.1 Å². The van der Waals surface area contributed by atoms with Crippen LogP contribution in [0.4, 0.5) is 5.82 Å². The van der Waals surface area contributed by atoms with E-state index in [1.165, 1.54) is 0 Å². The molecule has 1 aromatic carbocycles. The molecule has 0 atom stereocenters. The van der Waals surface area contributed by atoms with Crippen molar-refractivity contribution in [2.45, 2.75) is 69.4 Å². The zero-order chi connectivity index (χ0) is 22.3. The Bertz CT molecular complexity index is 1210. The highest BCUT2D eigenvalue weighted by Gasteiger charge is 2.25. The number of fused-ring (bicyclic) bond motifs is 1. The van der Waals surface area contributed by atoms with Crippen molar-refractivity contribution in [1.29, 1.82) is 0 Å². The normalized spacial score (nSPS) is 19.9. The van der Waals surface area contributed by atoms with Gasteiger partial charge in [-0.25, -0.2) is 23.1 Å². The average molecular weight is 444 g/mol. The maximum absolute atomic E-state index is 13.1. The van der Waals surface area contributed by atoms with Gasteiger partial charge < -0.3 is 10.8 Å². The van der Waals surface area contributed by atoms with Crippen LogP contribution in [-0.2, 0) is 10.0 Å². The third-order valence-electron chi connectivity index (χ3n) is 5.94. The van der Waals surface area contributed by atoms with E-state index in [9.17, 15) is 13.5 Å². The van der Waals surface area contributed by atoms with Crippen LogP contribution >= 0.6 is 0 Å². The van der Waals surface area contributed by atoms with E-state index in [0.717, 1.165) is 22.5 Å². The smallest absolute Gasteiger partial charge is 0.240 e. The largest absolute Gasteiger partial charge is 0.393 e. The number of nitrogens with two attached hydrogens (primary N) is 1. The first kappa shape index (κ1) is 21.7. The molecule has 0 bridgehead atoms. The van der Waals surface area contributed by atoms with Crippen molar-refractivity contribution < 1.29 is 13.5 Å². The number of aliphatic hydroxyl groups is 1. The van der Waals surface area contributed by atoms with Crippen LogP contribution in [0.5, 0.6) is 0 Å². The van der Waals surface area contributed by atoms with Crippen molar-refractivity contribution in [3.8, 4) is 11.3 Å². The van der Waals surface area contributed by atoms with Gasteiger partial charge >= 0.3 is 0 Å². The minimum atomic E-state index is -3.69. The van der Waals surface area contributed by atoms with E-state index in [4.69, 9.17) is 5.73 Å². The van der Waals surface area contributed by atoms with E-state index in [1.54, 1.807) is 18.3 Å². The molecule has 31 heavy (non-hydrogen) atoms. The monoisotopic (exact) mass is 443 g/mol. The number of nitrogen functional groups attached to an aromatic ring is 1. The van der Waals surface area contributed by atoms with Gasteiger partial charge in [0, 0.05) is 17.8 Å². The number of nitrogens with one attached hydrogen (secondary N) is 1. The number of hydrogen-bond donors (Lipinski definition) is 3. The summed E-state index contributed by atoms with van der Waals surface area (Å²) in [5.41, 5.74) is 9.98. The number of benzene rings is 1. The van der Waals surface area contributed by atoms with Gasteiger partial charge in [-0.2, -0.15) is 0 Å². The van der Waals surface area contributed by atoms with Gasteiger partial charge in [0.2, 0.25) is 10.0 Å². The number of imidazole rings is 1. The molecule has 0 spiro atoms. The Morgan fingerprint density at radius 2 is 1.94 bits per heavy atom. The number of nitrogens with zero attached hydrogens (tertiary/aromatic N) is 3. The number of anilines is 1. The summed E-state index contributed by atoms with van der Waals surface area (Å²) in [6.45, 7) is 6.02. The fourth-order valence-electron chi connectivity index (χ4n) is 4.03. The second kappa shape index (κ2) is 8.22. The zero-order valence-electron chi connectivity index (χ0n) is 18.0. The van der Waals surface area contributed by atoms with Gasteiger partial charge in [-0.05, 0) is 56.2 Å². The van der Waals surface area contributed by atoms with E-state index in [1.807, 2.05) is 37.4 Å². The molecule has 0 amide bonds. The quantitative estimate of drug-likeness (QED) is 0.557. The molecular formula is C22H29N5O3S. The molecule has 0 radical (unpaired) electrons. The first-order valence-corrected chi connectivity index (χ1v) is 12.1. The summed E-state index contributed by atoms with van der Waals surface area (Å²) in [6, 6.07) is 4.96. The van der Waals surface area contributed by atoms with Gasteiger partial charge in [-0.15, -0.1) is 0 Å². The molecule has 2 aromatic heterocycles. The molecule has 0 aliphatic heterocycles. The molecule has 1 fully saturated rings. The van der Waals surface area contributed by atoms with Gasteiger partial charge in [-0.1, -0.05) is 19.9 Å². The molecule has 8 nitrogen and oxygen atoms in total. The van der Waals surface area contributed by atoms with E-state index in [2.05, 4.69) is 14.7 Å². The van der Waals surface area contributed by atoms with Gasteiger partial charge in [0.15, 0.2) is 11.5 Å².